The number of fused-ring (bicyclic) bond motifs is 2. The van der Waals surface area contributed by atoms with Crippen LogP contribution in [0.5, 0.6) is 0 Å². The zero-order chi connectivity index (χ0) is 21.5. The number of carboxylic acids is 1. The molecule has 160 valence electrons. The number of carbonyl (C=O) groups is 1. The maximum atomic E-state index is 15.5. The molecule has 1 saturated heterocycles. The molecule has 1 atom stereocenters. The third kappa shape index (κ3) is 3.46. The van der Waals surface area contributed by atoms with Crippen molar-refractivity contribution in [3.05, 3.63) is 59.7 Å². The van der Waals surface area contributed by atoms with Gasteiger partial charge in [0.2, 0.25) is 0 Å². The first kappa shape index (κ1) is 19.7. The van der Waals surface area contributed by atoms with Gasteiger partial charge >= 0.3 is 5.97 Å². The molecule has 1 aliphatic rings. The lowest BCUT2D eigenvalue weighted by molar-refractivity contribution is -0.138. The second-order valence-corrected chi connectivity index (χ2v) is 7.89. The molecular weight excluding hydrogens is 404 g/mol. The van der Waals surface area contributed by atoms with E-state index >= 15 is 4.39 Å². The second-order valence-electron chi connectivity index (χ2n) is 7.89. The Morgan fingerprint density at radius 3 is 2.71 bits per heavy atom. The molecule has 0 radical (unpaired) electrons. The van der Waals surface area contributed by atoms with Crippen molar-refractivity contribution in [2.75, 3.05) is 13.2 Å². The first-order chi connectivity index (χ1) is 15.0. The van der Waals surface area contributed by atoms with Gasteiger partial charge in [-0.05, 0) is 49.2 Å². The minimum Gasteiger partial charge on any atom is -0.481 e. The molecule has 0 unspecified atom stereocenters. The monoisotopic (exact) mass is 425 g/mol. The number of aliphatic carboxylic acids is 1. The average molecular weight is 425 g/mol. The molecule has 0 amide bonds. The van der Waals surface area contributed by atoms with Crippen LogP contribution in [0.1, 0.15) is 42.6 Å². The lowest BCUT2D eigenvalue weighted by atomic mass is 9.90. The molecule has 2 aromatic heterocycles. The average Bonchev–Trinajstić information content (AvgIpc) is 3.34. The van der Waals surface area contributed by atoms with Crippen molar-refractivity contribution in [3.63, 3.8) is 0 Å². The summed E-state index contributed by atoms with van der Waals surface area (Å²) in [5, 5.41) is 17.7. The van der Waals surface area contributed by atoms with Gasteiger partial charge in [-0.15, -0.1) is 0 Å². The summed E-state index contributed by atoms with van der Waals surface area (Å²) >= 11 is 0. The fraction of sp³-hybridized carbons (Fsp3) is 0.304. The highest BCUT2D eigenvalue weighted by atomic mass is 19.1. The third-order valence-electron chi connectivity index (χ3n) is 5.96. The van der Waals surface area contributed by atoms with Gasteiger partial charge in [-0.25, -0.2) is 8.78 Å². The van der Waals surface area contributed by atoms with Crippen molar-refractivity contribution in [1.82, 2.24) is 14.8 Å². The van der Waals surface area contributed by atoms with E-state index in [2.05, 4.69) is 10.2 Å². The van der Waals surface area contributed by atoms with Gasteiger partial charge in [-0.3, -0.25) is 9.89 Å². The van der Waals surface area contributed by atoms with Crippen LogP contribution in [0.15, 0.2) is 42.6 Å². The summed E-state index contributed by atoms with van der Waals surface area (Å²) in [5.74, 6) is -1.57. The lowest BCUT2D eigenvalue weighted by Crippen LogP contribution is -2.19. The fourth-order valence-electron chi connectivity index (χ4n) is 4.59. The zero-order valence-electron chi connectivity index (χ0n) is 16.6. The van der Waals surface area contributed by atoms with E-state index in [1.54, 1.807) is 18.3 Å². The lowest BCUT2D eigenvalue weighted by Gasteiger charge is -2.26. The SMILES string of the molecule is O=C(O)C[C@@H](F)c1c(C2CCOCC2)n(-c2ccc(F)cc2)c2cc3cn[nH]c3cc12. The number of aromatic amines is 1. The van der Waals surface area contributed by atoms with Crippen LogP contribution in [0.2, 0.25) is 0 Å². The molecule has 31 heavy (non-hydrogen) atoms. The predicted octanol–water partition coefficient (Wildman–Crippen LogP) is 5.03. The van der Waals surface area contributed by atoms with Gasteiger partial charge < -0.3 is 14.4 Å². The molecule has 0 saturated carbocycles. The first-order valence-electron chi connectivity index (χ1n) is 10.2. The number of benzene rings is 2. The smallest absolute Gasteiger partial charge is 0.306 e. The van der Waals surface area contributed by atoms with Gasteiger partial charge in [0.15, 0.2) is 0 Å². The van der Waals surface area contributed by atoms with Crippen LogP contribution < -0.4 is 0 Å². The van der Waals surface area contributed by atoms with Crippen molar-refractivity contribution in [2.24, 2.45) is 0 Å². The first-order valence-corrected chi connectivity index (χ1v) is 10.2. The number of H-pyrrole nitrogens is 1. The van der Waals surface area contributed by atoms with E-state index in [0.29, 0.717) is 42.7 Å². The number of hydrogen-bond acceptors (Lipinski definition) is 3. The highest BCUT2D eigenvalue weighted by Gasteiger charge is 2.32. The molecule has 0 spiro atoms. The second kappa shape index (κ2) is 7.77. The van der Waals surface area contributed by atoms with E-state index in [9.17, 15) is 14.3 Å². The number of nitrogens with one attached hydrogen (secondary N) is 1. The summed E-state index contributed by atoms with van der Waals surface area (Å²) in [7, 11) is 0. The Morgan fingerprint density at radius 2 is 2.00 bits per heavy atom. The maximum Gasteiger partial charge on any atom is 0.306 e. The number of aromatic nitrogens is 3. The Morgan fingerprint density at radius 1 is 1.26 bits per heavy atom. The molecule has 0 bridgehead atoms. The summed E-state index contributed by atoms with van der Waals surface area (Å²) in [5.41, 5.74) is 3.30. The van der Waals surface area contributed by atoms with Crippen molar-refractivity contribution in [2.45, 2.75) is 31.4 Å². The van der Waals surface area contributed by atoms with Crippen molar-refractivity contribution >= 4 is 27.8 Å². The molecule has 8 heteroatoms. The van der Waals surface area contributed by atoms with Gasteiger partial charge in [0.1, 0.15) is 12.0 Å². The number of halogens is 2. The minimum atomic E-state index is -1.68. The molecule has 2 aromatic carbocycles. The Hall–Kier alpha value is -3.26. The van der Waals surface area contributed by atoms with Crippen molar-refractivity contribution in [1.29, 1.82) is 0 Å². The fourth-order valence-corrected chi connectivity index (χ4v) is 4.59. The van der Waals surface area contributed by atoms with Crippen LogP contribution in [0.4, 0.5) is 8.78 Å². The molecule has 3 heterocycles. The van der Waals surface area contributed by atoms with Gasteiger partial charge in [-0.1, -0.05) is 0 Å². The predicted molar refractivity (Wildman–Crippen MR) is 112 cm³/mol. The highest BCUT2D eigenvalue weighted by Crippen LogP contribution is 2.43. The van der Waals surface area contributed by atoms with Crippen LogP contribution >= 0.6 is 0 Å². The van der Waals surface area contributed by atoms with E-state index in [1.807, 2.05) is 16.7 Å². The largest absolute Gasteiger partial charge is 0.481 e. The molecule has 0 aliphatic carbocycles. The maximum absolute atomic E-state index is 15.5. The van der Waals surface area contributed by atoms with E-state index in [0.717, 1.165) is 22.1 Å². The standard InChI is InChI=1S/C23H21F2N3O3/c24-15-1-3-16(4-2-15)28-20-9-14-12-26-27-19(14)10-17(20)22(18(25)11-21(29)30)23(28)13-5-7-31-8-6-13/h1-4,9-10,12-13,18H,5-8,11H2,(H,26,27)(H,29,30)/t18-/m1/s1. The van der Waals surface area contributed by atoms with Crippen LogP contribution in [0.3, 0.4) is 0 Å². The van der Waals surface area contributed by atoms with Crippen LogP contribution in [-0.2, 0) is 9.53 Å². The Bertz CT molecular complexity index is 1260. The summed E-state index contributed by atoms with van der Waals surface area (Å²) in [6.07, 6.45) is 0.780. The summed E-state index contributed by atoms with van der Waals surface area (Å²) in [6, 6.07) is 9.79. The quantitative estimate of drug-likeness (QED) is 0.470. The Labute approximate surface area is 176 Å². The zero-order valence-corrected chi connectivity index (χ0v) is 16.6. The van der Waals surface area contributed by atoms with Gasteiger partial charge in [-0.2, -0.15) is 5.10 Å². The van der Waals surface area contributed by atoms with E-state index < -0.39 is 18.6 Å². The van der Waals surface area contributed by atoms with Crippen LogP contribution in [-0.4, -0.2) is 39.1 Å². The number of hydrogen-bond donors (Lipinski definition) is 2. The molecule has 6 nitrogen and oxygen atoms in total. The van der Waals surface area contributed by atoms with Crippen molar-refractivity contribution < 1.29 is 23.4 Å². The third-order valence-corrected chi connectivity index (χ3v) is 5.96. The summed E-state index contributed by atoms with van der Waals surface area (Å²) in [4.78, 5) is 11.4. The minimum absolute atomic E-state index is 0.00952. The summed E-state index contributed by atoms with van der Waals surface area (Å²) in [6.45, 7) is 1.10. The molecule has 5 rings (SSSR count). The van der Waals surface area contributed by atoms with Crippen LogP contribution in [0.25, 0.3) is 27.5 Å². The molecule has 4 aromatic rings. The normalized spacial score (nSPS) is 16.2. The number of nitrogens with zero attached hydrogens (tertiary/aromatic N) is 2. The topological polar surface area (TPSA) is 80.1 Å². The molecular formula is C23H21F2N3O3. The van der Waals surface area contributed by atoms with Crippen molar-refractivity contribution in [3.8, 4) is 5.69 Å². The summed E-state index contributed by atoms with van der Waals surface area (Å²) < 4.78 is 36.6. The van der Waals surface area contributed by atoms with Crippen LogP contribution in [0, 0.1) is 5.82 Å². The number of alkyl halides is 1. The Balaban J connectivity index is 1.86. The molecule has 1 fully saturated rings. The van der Waals surface area contributed by atoms with Gasteiger partial charge in [0.25, 0.3) is 0 Å². The van der Waals surface area contributed by atoms with Gasteiger partial charge in [0.05, 0.1) is 23.7 Å². The van der Waals surface area contributed by atoms with E-state index in [-0.39, 0.29) is 11.7 Å². The van der Waals surface area contributed by atoms with Gasteiger partial charge in [0, 0.05) is 46.8 Å². The number of rotatable bonds is 5. The Kier molecular flexibility index (Phi) is 4.94. The van der Waals surface area contributed by atoms with E-state index in [1.165, 1.54) is 12.1 Å². The highest BCUT2D eigenvalue weighted by molar-refractivity contribution is 5.99. The molecule has 1 aliphatic heterocycles. The number of ether oxygens (including phenoxy) is 1. The number of carboxylic acid groups (broad SMARTS) is 1. The van der Waals surface area contributed by atoms with E-state index in [4.69, 9.17) is 4.74 Å². The molecule has 2 N–H and O–H groups in total.